The molecule has 2 aromatic carbocycles. The Kier molecular flexibility index (Phi) is 6.67. The van der Waals surface area contributed by atoms with Crippen molar-refractivity contribution < 1.29 is 4.79 Å². The highest BCUT2D eigenvalue weighted by molar-refractivity contribution is 5.95. The number of nitrogens with zero attached hydrogens (tertiary/aromatic N) is 3. The molecule has 2 aromatic rings. The first-order valence-corrected chi connectivity index (χ1v) is 9.85. The topological polar surface area (TPSA) is 59.4 Å². The lowest BCUT2D eigenvalue weighted by atomic mass is 10.1. The van der Waals surface area contributed by atoms with Gasteiger partial charge in [-0.05, 0) is 55.7 Å². The Hall–Kier alpha value is -2.84. The van der Waals surface area contributed by atoms with E-state index in [1.165, 1.54) is 5.56 Å². The van der Waals surface area contributed by atoms with Crippen LogP contribution in [-0.2, 0) is 4.79 Å². The van der Waals surface area contributed by atoms with Crippen molar-refractivity contribution in [1.29, 1.82) is 5.26 Å². The van der Waals surface area contributed by atoms with Gasteiger partial charge in [-0.25, -0.2) is 0 Å². The molecule has 1 aliphatic rings. The normalized spacial score (nSPS) is 16.5. The van der Waals surface area contributed by atoms with Gasteiger partial charge in [0.25, 0.3) is 0 Å². The third kappa shape index (κ3) is 5.11. The van der Waals surface area contributed by atoms with Crippen molar-refractivity contribution >= 4 is 17.3 Å². The molecule has 146 valence electrons. The Bertz CT molecular complexity index is 843. The number of aryl methyl sites for hydroxylation is 2. The largest absolute Gasteiger partial charge is 0.381 e. The zero-order chi connectivity index (χ0) is 19.9. The lowest BCUT2D eigenvalue weighted by molar-refractivity contribution is -0.119. The lowest BCUT2D eigenvalue weighted by Crippen LogP contribution is -2.41. The Morgan fingerprint density at radius 1 is 1.21 bits per heavy atom. The molecule has 1 atom stereocenters. The van der Waals surface area contributed by atoms with E-state index in [0.29, 0.717) is 25.6 Å². The van der Waals surface area contributed by atoms with Gasteiger partial charge in [0, 0.05) is 37.1 Å². The van der Waals surface area contributed by atoms with E-state index < -0.39 is 0 Å². The molecule has 0 aromatic heterocycles. The molecule has 1 amide bonds. The molecular weight excluding hydrogens is 348 g/mol. The van der Waals surface area contributed by atoms with Gasteiger partial charge in [-0.15, -0.1) is 0 Å². The number of carbonyl (C=O) groups is 1. The highest BCUT2D eigenvalue weighted by Crippen LogP contribution is 2.21. The minimum Gasteiger partial charge on any atom is -0.381 e. The van der Waals surface area contributed by atoms with Gasteiger partial charge in [0.05, 0.1) is 19.0 Å². The van der Waals surface area contributed by atoms with E-state index in [1.54, 1.807) is 4.90 Å². The number of rotatable bonds is 7. The van der Waals surface area contributed by atoms with Crippen LogP contribution in [0.1, 0.15) is 24.0 Å². The molecule has 1 saturated heterocycles. The summed E-state index contributed by atoms with van der Waals surface area (Å²) in [6.07, 6.45) is 1.35. The summed E-state index contributed by atoms with van der Waals surface area (Å²) in [5.74, 6) is 0.0545. The van der Waals surface area contributed by atoms with Gasteiger partial charge in [-0.2, -0.15) is 5.26 Å². The number of likely N-dealkylation sites (tertiary alicyclic amines) is 1. The summed E-state index contributed by atoms with van der Waals surface area (Å²) in [6.45, 7) is 6.66. The van der Waals surface area contributed by atoms with Crippen molar-refractivity contribution in [3.8, 4) is 6.07 Å². The summed E-state index contributed by atoms with van der Waals surface area (Å²) < 4.78 is 0. The number of anilines is 2. The van der Waals surface area contributed by atoms with E-state index >= 15 is 0 Å². The standard InChI is InChI=1S/C23H28N4O/c1-18-9-10-22(15-19(18)2)27(13-6-12-24)23(28)17-26-14-11-21(16-26)25-20-7-4-3-5-8-20/h3-5,7-10,15,21,25H,6,11,13-14,16-17H2,1-2H3. The second kappa shape index (κ2) is 9.38. The van der Waals surface area contributed by atoms with E-state index in [-0.39, 0.29) is 5.91 Å². The predicted octanol–water partition coefficient (Wildman–Crippen LogP) is 3.74. The first kappa shape index (κ1) is 19.9. The first-order valence-electron chi connectivity index (χ1n) is 9.85. The maximum atomic E-state index is 13.0. The van der Waals surface area contributed by atoms with E-state index in [4.69, 9.17) is 5.26 Å². The fraction of sp³-hybridized carbons (Fsp3) is 0.391. The zero-order valence-electron chi connectivity index (χ0n) is 16.7. The minimum absolute atomic E-state index is 0.0545. The van der Waals surface area contributed by atoms with Crippen molar-refractivity contribution in [1.82, 2.24) is 4.90 Å². The van der Waals surface area contributed by atoms with Gasteiger partial charge < -0.3 is 10.2 Å². The molecule has 1 N–H and O–H groups in total. The van der Waals surface area contributed by atoms with Crippen molar-refractivity contribution in [2.45, 2.75) is 32.7 Å². The summed E-state index contributed by atoms with van der Waals surface area (Å²) in [6, 6.07) is 18.7. The number of carbonyl (C=O) groups excluding carboxylic acids is 1. The van der Waals surface area contributed by atoms with Crippen LogP contribution in [0, 0.1) is 25.2 Å². The monoisotopic (exact) mass is 376 g/mol. The maximum absolute atomic E-state index is 13.0. The molecular formula is C23H28N4O. The quantitative estimate of drug-likeness (QED) is 0.800. The van der Waals surface area contributed by atoms with E-state index in [9.17, 15) is 4.79 Å². The number of amides is 1. The van der Waals surface area contributed by atoms with Crippen LogP contribution in [-0.4, -0.2) is 43.0 Å². The molecule has 1 aliphatic heterocycles. The lowest BCUT2D eigenvalue weighted by Gasteiger charge is -2.25. The van der Waals surface area contributed by atoms with Crippen molar-refractivity contribution in [2.75, 3.05) is 36.4 Å². The van der Waals surface area contributed by atoms with Crippen LogP contribution in [0.15, 0.2) is 48.5 Å². The van der Waals surface area contributed by atoms with Crippen molar-refractivity contribution in [3.63, 3.8) is 0 Å². The molecule has 1 unspecified atom stereocenters. The van der Waals surface area contributed by atoms with Crippen LogP contribution in [0.2, 0.25) is 0 Å². The average molecular weight is 377 g/mol. The number of nitrogens with one attached hydrogen (secondary N) is 1. The fourth-order valence-corrected chi connectivity index (χ4v) is 3.59. The van der Waals surface area contributed by atoms with Gasteiger partial charge >= 0.3 is 0 Å². The second-order valence-corrected chi connectivity index (χ2v) is 7.45. The summed E-state index contributed by atoms with van der Waals surface area (Å²) in [7, 11) is 0. The summed E-state index contributed by atoms with van der Waals surface area (Å²) in [5.41, 5.74) is 4.35. The number of para-hydroxylation sites is 1. The molecule has 0 saturated carbocycles. The molecule has 0 spiro atoms. The van der Waals surface area contributed by atoms with Crippen LogP contribution in [0.5, 0.6) is 0 Å². The minimum atomic E-state index is 0.0545. The van der Waals surface area contributed by atoms with Gasteiger partial charge in [0.2, 0.25) is 5.91 Å². The molecule has 0 radical (unpaired) electrons. The van der Waals surface area contributed by atoms with Crippen LogP contribution in [0.3, 0.4) is 0 Å². The Labute approximate surface area is 167 Å². The van der Waals surface area contributed by atoms with Gasteiger partial charge in [-0.1, -0.05) is 24.3 Å². The summed E-state index contributed by atoms with van der Waals surface area (Å²) in [5, 5.41) is 12.5. The Morgan fingerprint density at radius 3 is 2.71 bits per heavy atom. The number of hydrogen-bond donors (Lipinski definition) is 1. The van der Waals surface area contributed by atoms with Gasteiger partial charge in [0.1, 0.15) is 0 Å². The Balaban J connectivity index is 1.62. The number of nitriles is 1. The zero-order valence-corrected chi connectivity index (χ0v) is 16.7. The van der Waals surface area contributed by atoms with E-state index in [1.807, 2.05) is 43.3 Å². The number of hydrogen-bond acceptors (Lipinski definition) is 4. The molecule has 3 rings (SSSR count). The van der Waals surface area contributed by atoms with Crippen LogP contribution >= 0.6 is 0 Å². The number of benzene rings is 2. The highest BCUT2D eigenvalue weighted by Gasteiger charge is 2.26. The fourth-order valence-electron chi connectivity index (χ4n) is 3.59. The van der Waals surface area contributed by atoms with Crippen LogP contribution < -0.4 is 10.2 Å². The van der Waals surface area contributed by atoms with Crippen molar-refractivity contribution in [3.05, 3.63) is 59.7 Å². The van der Waals surface area contributed by atoms with E-state index in [0.717, 1.165) is 36.4 Å². The molecule has 0 bridgehead atoms. The highest BCUT2D eigenvalue weighted by atomic mass is 16.2. The Morgan fingerprint density at radius 2 is 2.00 bits per heavy atom. The molecule has 1 fully saturated rings. The molecule has 0 aliphatic carbocycles. The van der Waals surface area contributed by atoms with E-state index in [2.05, 4.69) is 35.3 Å². The van der Waals surface area contributed by atoms with Gasteiger partial charge in [0.15, 0.2) is 0 Å². The third-order valence-corrected chi connectivity index (χ3v) is 5.33. The molecule has 5 heteroatoms. The summed E-state index contributed by atoms with van der Waals surface area (Å²) in [4.78, 5) is 17.0. The first-order chi connectivity index (χ1) is 13.6. The maximum Gasteiger partial charge on any atom is 0.241 e. The predicted molar refractivity (Wildman–Crippen MR) is 113 cm³/mol. The molecule has 5 nitrogen and oxygen atoms in total. The third-order valence-electron chi connectivity index (χ3n) is 5.33. The van der Waals surface area contributed by atoms with Gasteiger partial charge in [-0.3, -0.25) is 9.69 Å². The second-order valence-electron chi connectivity index (χ2n) is 7.45. The van der Waals surface area contributed by atoms with Crippen molar-refractivity contribution in [2.24, 2.45) is 0 Å². The molecule has 28 heavy (non-hydrogen) atoms. The SMILES string of the molecule is Cc1ccc(N(CCC#N)C(=O)CN2CCC(Nc3ccccc3)C2)cc1C. The summed E-state index contributed by atoms with van der Waals surface area (Å²) >= 11 is 0. The van der Waals surface area contributed by atoms with Crippen LogP contribution in [0.25, 0.3) is 0 Å². The molecule has 1 heterocycles. The van der Waals surface area contributed by atoms with Crippen LogP contribution in [0.4, 0.5) is 11.4 Å². The average Bonchev–Trinajstić information content (AvgIpc) is 3.12. The smallest absolute Gasteiger partial charge is 0.241 e.